The fourth-order valence-corrected chi connectivity index (χ4v) is 4.58. The summed E-state index contributed by atoms with van der Waals surface area (Å²) in [4.78, 5) is 26.5. The van der Waals surface area contributed by atoms with E-state index in [0.29, 0.717) is 27.6 Å². The predicted molar refractivity (Wildman–Crippen MR) is 76.8 cm³/mol. The van der Waals surface area contributed by atoms with Gasteiger partial charge in [0.15, 0.2) is 0 Å². The maximum atomic E-state index is 12.6. The number of anilines is 1. The Kier molecular flexibility index (Phi) is 2.67. The topological polar surface area (TPSA) is 37.4 Å². The number of halogens is 2. The highest BCUT2D eigenvalue weighted by Crippen LogP contribution is 2.56. The van der Waals surface area contributed by atoms with Gasteiger partial charge in [-0.25, -0.2) is 4.90 Å². The molecule has 0 radical (unpaired) electrons. The maximum absolute atomic E-state index is 12.6. The zero-order valence-corrected chi connectivity index (χ0v) is 12.2. The van der Waals surface area contributed by atoms with Crippen LogP contribution in [-0.4, -0.2) is 11.8 Å². The Bertz CT molecular complexity index is 602. The number of benzene rings is 1. The van der Waals surface area contributed by atoms with Gasteiger partial charge in [0.25, 0.3) is 0 Å². The molecule has 2 amide bonds. The summed E-state index contributed by atoms with van der Waals surface area (Å²) in [6.07, 6.45) is 3.21. The SMILES string of the molecule is O=C1[C@@H]2[C@H]3CC[C@@H](C3)[C@H]2C(=O)N1c1ccc(Cl)c(Cl)c1. The van der Waals surface area contributed by atoms with E-state index in [4.69, 9.17) is 23.2 Å². The first-order valence-corrected chi connectivity index (χ1v) is 7.66. The smallest absolute Gasteiger partial charge is 0.237 e. The van der Waals surface area contributed by atoms with E-state index in [-0.39, 0.29) is 23.7 Å². The van der Waals surface area contributed by atoms with E-state index in [0.717, 1.165) is 19.3 Å². The van der Waals surface area contributed by atoms with Crippen LogP contribution in [0.15, 0.2) is 18.2 Å². The third-order valence-corrected chi connectivity index (χ3v) is 5.83. The van der Waals surface area contributed by atoms with E-state index in [1.165, 1.54) is 4.90 Å². The maximum Gasteiger partial charge on any atom is 0.237 e. The molecule has 5 heteroatoms. The molecule has 2 aliphatic carbocycles. The number of rotatable bonds is 1. The molecule has 4 rings (SSSR count). The molecule has 0 N–H and O–H groups in total. The molecule has 1 aromatic rings. The minimum Gasteiger partial charge on any atom is -0.274 e. The molecule has 4 atom stereocenters. The highest BCUT2D eigenvalue weighted by Gasteiger charge is 2.61. The summed E-state index contributed by atoms with van der Waals surface area (Å²) in [5, 5.41) is 0.791. The molecular formula is C15H13Cl2NO2. The molecule has 3 nitrogen and oxygen atoms in total. The largest absolute Gasteiger partial charge is 0.274 e. The quantitative estimate of drug-likeness (QED) is 0.744. The van der Waals surface area contributed by atoms with Crippen molar-refractivity contribution in [3.63, 3.8) is 0 Å². The molecule has 2 saturated carbocycles. The van der Waals surface area contributed by atoms with Gasteiger partial charge in [-0.2, -0.15) is 0 Å². The highest BCUT2D eigenvalue weighted by molar-refractivity contribution is 6.42. The van der Waals surface area contributed by atoms with Gasteiger partial charge in [0.05, 0.1) is 27.6 Å². The van der Waals surface area contributed by atoms with Crippen molar-refractivity contribution in [2.24, 2.45) is 23.7 Å². The number of hydrogen-bond donors (Lipinski definition) is 0. The highest BCUT2D eigenvalue weighted by atomic mass is 35.5. The van der Waals surface area contributed by atoms with Crippen LogP contribution < -0.4 is 4.90 Å². The standard InChI is InChI=1S/C15H13Cl2NO2/c16-10-4-3-9(6-11(10)17)18-14(19)12-7-1-2-8(5-7)13(12)15(18)20/h3-4,6-8,12-13H,1-2,5H2/t7-,8-,12+,13+/m0/s1. The van der Waals surface area contributed by atoms with Crippen LogP contribution in [0.25, 0.3) is 0 Å². The molecule has 1 aromatic carbocycles. The zero-order valence-electron chi connectivity index (χ0n) is 10.7. The average Bonchev–Trinajstić information content (AvgIpc) is 3.08. The van der Waals surface area contributed by atoms with Crippen LogP contribution in [0.2, 0.25) is 10.0 Å². The summed E-state index contributed by atoms with van der Waals surface area (Å²) in [5.74, 6) is 0.492. The fraction of sp³-hybridized carbons (Fsp3) is 0.467. The van der Waals surface area contributed by atoms with E-state index in [1.807, 2.05) is 0 Å². The molecular weight excluding hydrogens is 297 g/mol. The predicted octanol–water partition coefficient (Wildman–Crippen LogP) is 3.53. The van der Waals surface area contributed by atoms with Gasteiger partial charge < -0.3 is 0 Å². The molecule has 1 heterocycles. The van der Waals surface area contributed by atoms with E-state index in [9.17, 15) is 9.59 Å². The van der Waals surface area contributed by atoms with Crippen molar-refractivity contribution in [2.75, 3.05) is 4.90 Å². The first-order chi connectivity index (χ1) is 9.58. The van der Waals surface area contributed by atoms with Crippen molar-refractivity contribution in [3.8, 4) is 0 Å². The summed E-state index contributed by atoms with van der Waals surface area (Å²) >= 11 is 11.9. The summed E-state index contributed by atoms with van der Waals surface area (Å²) in [7, 11) is 0. The van der Waals surface area contributed by atoms with E-state index in [2.05, 4.69) is 0 Å². The van der Waals surface area contributed by atoms with Crippen LogP contribution in [0.3, 0.4) is 0 Å². The number of carbonyl (C=O) groups excluding carboxylic acids is 2. The van der Waals surface area contributed by atoms with Crippen LogP contribution in [0.5, 0.6) is 0 Å². The van der Waals surface area contributed by atoms with Crippen molar-refractivity contribution in [2.45, 2.75) is 19.3 Å². The first-order valence-electron chi connectivity index (χ1n) is 6.91. The molecule has 0 aromatic heterocycles. The lowest BCUT2D eigenvalue weighted by atomic mass is 9.81. The molecule has 1 aliphatic heterocycles. The van der Waals surface area contributed by atoms with E-state index >= 15 is 0 Å². The van der Waals surface area contributed by atoms with E-state index < -0.39 is 0 Å². The minimum atomic E-state index is -0.101. The molecule has 1 saturated heterocycles. The lowest BCUT2D eigenvalue weighted by Gasteiger charge is -2.19. The fourth-order valence-electron chi connectivity index (χ4n) is 4.29. The van der Waals surface area contributed by atoms with Gasteiger partial charge in [0, 0.05) is 0 Å². The lowest BCUT2D eigenvalue weighted by molar-refractivity contribution is -0.123. The van der Waals surface area contributed by atoms with Crippen molar-refractivity contribution >= 4 is 40.7 Å². The van der Waals surface area contributed by atoms with Gasteiger partial charge in [-0.1, -0.05) is 23.2 Å². The van der Waals surface area contributed by atoms with Crippen LogP contribution in [-0.2, 0) is 9.59 Å². The normalized spacial score (nSPS) is 35.0. The zero-order chi connectivity index (χ0) is 14.0. The monoisotopic (exact) mass is 309 g/mol. The van der Waals surface area contributed by atoms with Crippen LogP contribution in [0.4, 0.5) is 5.69 Å². The number of imide groups is 1. The molecule has 0 unspecified atom stereocenters. The summed E-state index contributed by atoms with van der Waals surface area (Å²) in [6.45, 7) is 0. The third kappa shape index (κ3) is 1.54. The molecule has 20 heavy (non-hydrogen) atoms. The van der Waals surface area contributed by atoms with Crippen molar-refractivity contribution < 1.29 is 9.59 Å². The molecule has 3 fully saturated rings. The van der Waals surface area contributed by atoms with Gasteiger partial charge in [0.2, 0.25) is 11.8 Å². The minimum absolute atomic E-state index is 0.0504. The Morgan fingerprint density at radius 3 is 2.10 bits per heavy atom. The Hall–Kier alpha value is -1.06. The number of carbonyl (C=O) groups is 2. The summed E-state index contributed by atoms with van der Waals surface area (Å²) in [6, 6.07) is 4.91. The molecule has 0 spiro atoms. The Labute approximate surface area is 126 Å². The first kappa shape index (κ1) is 12.7. The van der Waals surface area contributed by atoms with Crippen molar-refractivity contribution in [1.29, 1.82) is 0 Å². The second kappa shape index (κ2) is 4.22. The number of amides is 2. The average molecular weight is 310 g/mol. The Morgan fingerprint density at radius 1 is 0.950 bits per heavy atom. The Morgan fingerprint density at radius 2 is 1.55 bits per heavy atom. The second-order valence-corrected chi connectivity index (χ2v) is 6.81. The number of hydrogen-bond acceptors (Lipinski definition) is 2. The van der Waals surface area contributed by atoms with Crippen LogP contribution in [0, 0.1) is 23.7 Å². The van der Waals surface area contributed by atoms with Gasteiger partial charge in [-0.15, -0.1) is 0 Å². The van der Waals surface area contributed by atoms with Gasteiger partial charge >= 0.3 is 0 Å². The summed E-state index contributed by atoms with van der Waals surface area (Å²) < 4.78 is 0. The van der Waals surface area contributed by atoms with Gasteiger partial charge in [-0.05, 0) is 49.3 Å². The van der Waals surface area contributed by atoms with Crippen molar-refractivity contribution in [3.05, 3.63) is 28.2 Å². The number of fused-ring (bicyclic) bond motifs is 5. The van der Waals surface area contributed by atoms with Gasteiger partial charge in [0.1, 0.15) is 0 Å². The third-order valence-electron chi connectivity index (χ3n) is 5.09. The molecule has 104 valence electrons. The molecule has 2 bridgehead atoms. The van der Waals surface area contributed by atoms with Crippen molar-refractivity contribution in [1.82, 2.24) is 0 Å². The Balaban J connectivity index is 1.74. The van der Waals surface area contributed by atoms with Crippen LogP contribution in [0.1, 0.15) is 19.3 Å². The van der Waals surface area contributed by atoms with Crippen LogP contribution >= 0.6 is 23.2 Å². The molecule has 3 aliphatic rings. The number of nitrogens with zero attached hydrogens (tertiary/aromatic N) is 1. The van der Waals surface area contributed by atoms with E-state index in [1.54, 1.807) is 18.2 Å². The summed E-state index contributed by atoms with van der Waals surface area (Å²) in [5.41, 5.74) is 0.545. The second-order valence-electron chi connectivity index (χ2n) is 6.00. The lowest BCUT2D eigenvalue weighted by Crippen LogP contribution is -2.32. The van der Waals surface area contributed by atoms with Gasteiger partial charge in [-0.3, -0.25) is 9.59 Å².